The Morgan fingerprint density at radius 3 is 2.47 bits per heavy atom. The number of aromatic nitrogens is 2. The Morgan fingerprint density at radius 1 is 1.47 bits per heavy atom. The molecule has 1 heterocycles. The molecule has 6 nitrogen and oxygen atoms in total. The van der Waals surface area contributed by atoms with Gasteiger partial charge in [0.2, 0.25) is 0 Å². The maximum Gasteiger partial charge on any atom is 0.313 e. The van der Waals surface area contributed by atoms with Crippen molar-refractivity contribution in [2.75, 3.05) is 6.54 Å². The van der Waals surface area contributed by atoms with E-state index in [4.69, 9.17) is 0 Å². The van der Waals surface area contributed by atoms with Gasteiger partial charge in [-0.3, -0.25) is 14.8 Å². The SMILES string of the molecule is CCNC(Cc1c([N+](=O)[O-])c(C)nn1C)C(C)(C)C. The number of nitro groups is 1. The minimum absolute atomic E-state index is 0.0298. The third-order valence-corrected chi connectivity index (χ3v) is 3.38. The Balaban J connectivity index is 3.13. The van der Waals surface area contributed by atoms with E-state index in [1.165, 1.54) is 0 Å². The second-order valence-corrected chi connectivity index (χ2v) is 5.94. The summed E-state index contributed by atoms with van der Waals surface area (Å²) >= 11 is 0. The predicted molar refractivity (Wildman–Crippen MR) is 75.2 cm³/mol. The van der Waals surface area contributed by atoms with Crippen molar-refractivity contribution >= 4 is 5.69 Å². The number of rotatable bonds is 5. The lowest BCUT2D eigenvalue weighted by Gasteiger charge is -2.31. The number of nitrogens with zero attached hydrogens (tertiary/aromatic N) is 3. The van der Waals surface area contributed by atoms with Gasteiger partial charge in [-0.15, -0.1) is 0 Å². The molecule has 1 aromatic heterocycles. The van der Waals surface area contributed by atoms with E-state index in [0.717, 1.165) is 6.54 Å². The molecule has 0 aromatic carbocycles. The summed E-state index contributed by atoms with van der Waals surface area (Å²) in [5.74, 6) is 0. The highest BCUT2D eigenvalue weighted by Gasteiger charge is 2.30. The van der Waals surface area contributed by atoms with Crippen molar-refractivity contribution in [2.45, 2.75) is 47.1 Å². The van der Waals surface area contributed by atoms with Gasteiger partial charge in [0.15, 0.2) is 0 Å². The number of likely N-dealkylation sites (N-methyl/N-ethyl adjacent to an activating group) is 1. The van der Waals surface area contributed by atoms with E-state index in [1.54, 1.807) is 18.7 Å². The largest absolute Gasteiger partial charge is 0.313 e. The predicted octanol–water partition coefficient (Wildman–Crippen LogP) is 2.20. The summed E-state index contributed by atoms with van der Waals surface area (Å²) in [6.07, 6.45) is 0.602. The van der Waals surface area contributed by atoms with E-state index in [0.29, 0.717) is 17.8 Å². The van der Waals surface area contributed by atoms with Gasteiger partial charge >= 0.3 is 5.69 Å². The number of hydrogen-bond donors (Lipinski definition) is 1. The smallest absolute Gasteiger partial charge is 0.313 e. The number of aryl methyl sites for hydroxylation is 2. The van der Waals surface area contributed by atoms with Crippen LogP contribution < -0.4 is 5.32 Å². The monoisotopic (exact) mass is 268 g/mol. The van der Waals surface area contributed by atoms with Gasteiger partial charge in [-0.25, -0.2) is 0 Å². The molecule has 1 N–H and O–H groups in total. The van der Waals surface area contributed by atoms with Crippen molar-refractivity contribution in [3.63, 3.8) is 0 Å². The van der Waals surface area contributed by atoms with Gasteiger partial charge in [-0.1, -0.05) is 27.7 Å². The summed E-state index contributed by atoms with van der Waals surface area (Å²) in [7, 11) is 1.76. The molecule has 1 atom stereocenters. The molecule has 0 aliphatic carbocycles. The van der Waals surface area contributed by atoms with Gasteiger partial charge in [0.1, 0.15) is 11.4 Å². The minimum Gasteiger partial charge on any atom is -0.313 e. The zero-order chi connectivity index (χ0) is 14.8. The lowest BCUT2D eigenvalue weighted by atomic mass is 9.83. The summed E-state index contributed by atoms with van der Waals surface area (Å²) < 4.78 is 1.63. The quantitative estimate of drug-likeness (QED) is 0.656. The second-order valence-electron chi connectivity index (χ2n) is 5.94. The second kappa shape index (κ2) is 5.69. The maximum absolute atomic E-state index is 11.2. The van der Waals surface area contributed by atoms with Crippen LogP contribution in [0.4, 0.5) is 5.69 Å². The first-order valence-electron chi connectivity index (χ1n) is 6.58. The molecule has 0 radical (unpaired) electrons. The standard InChI is InChI=1S/C13H24N4O2/c1-7-14-11(13(3,4)5)8-10-12(17(18)19)9(2)15-16(10)6/h11,14H,7-8H2,1-6H3. The van der Waals surface area contributed by atoms with Crippen LogP contribution in [-0.4, -0.2) is 27.3 Å². The van der Waals surface area contributed by atoms with Crippen LogP contribution in [0.25, 0.3) is 0 Å². The van der Waals surface area contributed by atoms with Crippen LogP contribution in [0.2, 0.25) is 0 Å². The highest BCUT2D eigenvalue weighted by atomic mass is 16.6. The normalized spacial score (nSPS) is 13.6. The first-order valence-corrected chi connectivity index (χ1v) is 6.58. The van der Waals surface area contributed by atoms with Crippen LogP contribution in [0.15, 0.2) is 0 Å². The number of nitrogens with one attached hydrogen (secondary N) is 1. The van der Waals surface area contributed by atoms with Crippen LogP contribution in [-0.2, 0) is 13.5 Å². The van der Waals surface area contributed by atoms with Crippen LogP contribution in [0, 0.1) is 22.5 Å². The van der Waals surface area contributed by atoms with Crippen molar-refractivity contribution < 1.29 is 4.92 Å². The molecule has 0 bridgehead atoms. The fourth-order valence-electron chi connectivity index (χ4n) is 2.29. The molecule has 108 valence electrons. The van der Waals surface area contributed by atoms with Gasteiger partial charge in [0.05, 0.1) is 4.92 Å². The van der Waals surface area contributed by atoms with Crippen LogP contribution >= 0.6 is 0 Å². The van der Waals surface area contributed by atoms with Gasteiger partial charge in [-0.05, 0) is 18.9 Å². The van der Waals surface area contributed by atoms with Gasteiger partial charge in [0.25, 0.3) is 0 Å². The third kappa shape index (κ3) is 3.53. The first-order chi connectivity index (χ1) is 8.68. The van der Waals surface area contributed by atoms with E-state index in [-0.39, 0.29) is 22.1 Å². The highest BCUT2D eigenvalue weighted by molar-refractivity contribution is 5.41. The van der Waals surface area contributed by atoms with E-state index < -0.39 is 0 Å². The van der Waals surface area contributed by atoms with Gasteiger partial charge < -0.3 is 5.32 Å². The first kappa shape index (κ1) is 15.6. The average molecular weight is 268 g/mol. The maximum atomic E-state index is 11.2. The van der Waals surface area contributed by atoms with E-state index >= 15 is 0 Å². The molecule has 6 heteroatoms. The summed E-state index contributed by atoms with van der Waals surface area (Å²) in [4.78, 5) is 10.8. The fourth-order valence-corrected chi connectivity index (χ4v) is 2.29. The van der Waals surface area contributed by atoms with Gasteiger partial charge in [-0.2, -0.15) is 5.10 Å². The van der Waals surface area contributed by atoms with Crippen LogP contribution in [0.5, 0.6) is 0 Å². The molecular formula is C13H24N4O2. The molecule has 0 fully saturated rings. The molecule has 0 amide bonds. The summed E-state index contributed by atoms with van der Waals surface area (Å²) in [5.41, 5.74) is 1.34. The zero-order valence-electron chi connectivity index (χ0n) is 12.6. The lowest BCUT2D eigenvalue weighted by molar-refractivity contribution is -0.386. The van der Waals surface area contributed by atoms with Crippen LogP contribution in [0.1, 0.15) is 39.1 Å². The van der Waals surface area contributed by atoms with Crippen molar-refractivity contribution in [3.8, 4) is 0 Å². The molecule has 1 unspecified atom stereocenters. The lowest BCUT2D eigenvalue weighted by Crippen LogP contribution is -2.42. The zero-order valence-corrected chi connectivity index (χ0v) is 12.6. The van der Waals surface area contributed by atoms with E-state index in [2.05, 4.69) is 31.2 Å². The summed E-state index contributed by atoms with van der Waals surface area (Å²) in [6, 6.07) is 0.172. The molecule has 0 aliphatic rings. The highest BCUT2D eigenvalue weighted by Crippen LogP contribution is 2.28. The Kier molecular flexibility index (Phi) is 4.68. The topological polar surface area (TPSA) is 73.0 Å². The van der Waals surface area contributed by atoms with Crippen molar-refractivity contribution in [1.82, 2.24) is 15.1 Å². The summed E-state index contributed by atoms with van der Waals surface area (Å²) in [5, 5.41) is 18.8. The van der Waals surface area contributed by atoms with E-state index in [1.807, 2.05) is 6.92 Å². The van der Waals surface area contributed by atoms with Crippen molar-refractivity contribution in [1.29, 1.82) is 0 Å². The molecular weight excluding hydrogens is 244 g/mol. The molecule has 0 saturated heterocycles. The molecule has 0 aliphatic heterocycles. The molecule has 1 aromatic rings. The van der Waals surface area contributed by atoms with Crippen molar-refractivity contribution in [3.05, 3.63) is 21.5 Å². The Morgan fingerprint density at radius 2 is 2.05 bits per heavy atom. The number of hydrogen-bond acceptors (Lipinski definition) is 4. The third-order valence-electron chi connectivity index (χ3n) is 3.38. The average Bonchev–Trinajstić information content (AvgIpc) is 2.51. The molecule has 0 spiro atoms. The molecule has 0 saturated carbocycles. The minimum atomic E-state index is -0.330. The molecule has 1 rings (SSSR count). The summed E-state index contributed by atoms with van der Waals surface area (Å²) in [6.45, 7) is 11.0. The Bertz CT molecular complexity index is 460. The fraction of sp³-hybridized carbons (Fsp3) is 0.769. The van der Waals surface area contributed by atoms with E-state index in [9.17, 15) is 10.1 Å². The van der Waals surface area contributed by atoms with Crippen LogP contribution in [0.3, 0.4) is 0 Å². The Labute approximate surface area is 114 Å². The van der Waals surface area contributed by atoms with Crippen molar-refractivity contribution in [2.24, 2.45) is 12.5 Å². The Hall–Kier alpha value is -1.43. The van der Waals surface area contributed by atoms with Gasteiger partial charge in [0, 0.05) is 19.5 Å². The molecule has 19 heavy (non-hydrogen) atoms.